The lowest BCUT2D eigenvalue weighted by Gasteiger charge is -2.18. The number of hydrogen-bond donors (Lipinski definition) is 0. The topological polar surface area (TPSA) is 78.9 Å². The Morgan fingerprint density at radius 1 is 0.269 bits per heavy atom. The predicted octanol–water partition coefficient (Wildman–Crippen LogP) is 23.3. The lowest BCUT2D eigenvalue weighted by molar-refractivity contribution is -0.167. The van der Waals surface area contributed by atoms with Gasteiger partial charge in [0, 0.05) is 19.3 Å². The van der Waals surface area contributed by atoms with Crippen LogP contribution in [-0.4, -0.2) is 37.2 Å². The second kappa shape index (κ2) is 66.4. The Hall–Kier alpha value is -3.15. The number of rotatable bonds is 62. The van der Waals surface area contributed by atoms with E-state index in [4.69, 9.17) is 14.2 Å². The van der Waals surface area contributed by atoms with Crippen LogP contribution < -0.4 is 0 Å². The van der Waals surface area contributed by atoms with E-state index < -0.39 is 6.10 Å². The number of carbonyl (C=O) groups excluding carboxylic acids is 3. The maximum atomic E-state index is 12.9. The van der Waals surface area contributed by atoms with Gasteiger partial charge >= 0.3 is 17.9 Å². The Bertz CT molecular complexity index is 1440. The van der Waals surface area contributed by atoms with E-state index in [1.807, 2.05) is 0 Å². The van der Waals surface area contributed by atoms with Crippen molar-refractivity contribution in [3.8, 4) is 0 Å². The standard InChI is InChI=1S/C72H128O6/c1-4-7-10-13-16-19-22-25-27-29-31-33-34-35-36-37-38-40-41-43-45-47-50-53-56-59-62-65-71(74)77-68-69(67-76-70(73)64-61-58-55-52-49-24-21-18-15-12-9-6-3)78-72(75)66-63-60-57-54-51-48-46-44-42-39-32-30-28-26-23-20-17-14-11-8-5-2/h8,11,17,20,26,28,32,39,44,46,51,54,69H,4-7,9-10,12-16,18-19,21-25,27,29-31,33-38,40-43,45,47-50,52-53,55-68H2,1-3H3/b11-8-,20-17-,28-26-,39-32-,46-44-,54-51-. The number of ether oxygens (including phenoxy) is 3. The Morgan fingerprint density at radius 3 is 0.782 bits per heavy atom. The highest BCUT2D eigenvalue weighted by molar-refractivity contribution is 5.71. The van der Waals surface area contributed by atoms with Gasteiger partial charge in [0.15, 0.2) is 6.10 Å². The van der Waals surface area contributed by atoms with Crippen LogP contribution in [0.4, 0.5) is 0 Å². The smallest absolute Gasteiger partial charge is 0.306 e. The van der Waals surface area contributed by atoms with Gasteiger partial charge in [-0.15, -0.1) is 0 Å². The maximum absolute atomic E-state index is 12.9. The molecule has 1 unspecified atom stereocenters. The van der Waals surface area contributed by atoms with Crippen LogP contribution in [0.3, 0.4) is 0 Å². The minimum atomic E-state index is -0.797. The van der Waals surface area contributed by atoms with Crippen LogP contribution in [0.2, 0.25) is 0 Å². The van der Waals surface area contributed by atoms with E-state index in [0.29, 0.717) is 19.3 Å². The molecule has 6 nitrogen and oxygen atoms in total. The molecule has 0 saturated carbocycles. The summed E-state index contributed by atoms with van der Waals surface area (Å²) in [6, 6.07) is 0. The first-order valence-corrected chi connectivity index (χ1v) is 33.9. The first-order valence-electron chi connectivity index (χ1n) is 33.9. The van der Waals surface area contributed by atoms with Gasteiger partial charge in [-0.2, -0.15) is 0 Å². The van der Waals surface area contributed by atoms with E-state index in [9.17, 15) is 14.4 Å². The van der Waals surface area contributed by atoms with Gasteiger partial charge in [-0.1, -0.05) is 331 Å². The molecule has 0 aliphatic heterocycles. The number of unbranched alkanes of at least 4 members (excludes halogenated alkanes) is 39. The van der Waals surface area contributed by atoms with Crippen molar-refractivity contribution in [1.82, 2.24) is 0 Å². The zero-order chi connectivity index (χ0) is 56.4. The molecule has 78 heavy (non-hydrogen) atoms. The van der Waals surface area contributed by atoms with Crippen LogP contribution in [0.1, 0.15) is 348 Å². The van der Waals surface area contributed by atoms with E-state index >= 15 is 0 Å². The van der Waals surface area contributed by atoms with E-state index in [1.165, 1.54) is 212 Å². The maximum Gasteiger partial charge on any atom is 0.306 e. The van der Waals surface area contributed by atoms with E-state index in [-0.39, 0.29) is 37.5 Å². The largest absolute Gasteiger partial charge is 0.462 e. The number of hydrogen-bond acceptors (Lipinski definition) is 6. The number of carbonyl (C=O) groups is 3. The molecule has 0 fully saturated rings. The van der Waals surface area contributed by atoms with Crippen LogP contribution in [-0.2, 0) is 28.6 Å². The molecule has 0 aromatic heterocycles. The van der Waals surface area contributed by atoms with Gasteiger partial charge in [-0.05, 0) is 70.6 Å². The van der Waals surface area contributed by atoms with Gasteiger partial charge in [-0.3, -0.25) is 14.4 Å². The fourth-order valence-corrected chi connectivity index (χ4v) is 9.92. The zero-order valence-corrected chi connectivity index (χ0v) is 51.9. The Labute approximate surface area is 484 Å². The predicted molar refractivity (Wildman–Crippen MR) is 339 cm³/mol. The Kier molecular flexibility index (Phi) is 63.7. The van der Waals surface area contributed by atoms with Crippen LogP contribution in [0.25, 0.3) is 0 Å². The third-order valence-corrected chi connectivity index (χ3v) is 15.0. The van der Waals surface area contributed by atoms with Crippen LogP contribution >= 0.6 is 0 Å². The average Bonchev–Trinajstić information content (AvgIpc) is 3.44. The van der Waals surface area contributed by atoms with Crippen molar-refractivity contribution in [3.05, 3.63) is 72.9 Å². The molecule has 0 N–H and O–H groups in total. The van der Waals surface area contributed by atoms with Gasteiger partial charge < -0.3 is 14.2 Å². The molecule has 0 radical (unpaired) electrons. The summed E-state index contributed by atoms with van der Waals surface area (Å²) in [6.45, 7) is 6.54. The minimum absolute atomic E-state index is 0.0888. The molecule has 0 heterocycles. The molecule has 452 valence electrons. The van der Waals surface area contributed by atoms with Crippen molar-refractivity contribution in [3.63, 3.8) is 0 Å². The quantitative estimate of drug-likeness (QED) is 0.0261. The molecule has 0 spiro atoms. The molecule has 1 atom stereocenters. The highest BCUT2D eigenvalue weighted by Crippen LogP contribution is 2.18. The zero-order valence-electron chi connectivity index (χ0n) is 51.9. The molecule has 6 heteroatoms. The van der Waals surface area contributed by atoms with Crippen LogP contribution in [0, 0.1) is 0 Å². The van der Waals surface area contributed by atoms with Crippen molar-refractivity contribution < 1.29 is 28.6 Å². The normalized spacial score (nSPS) is 12.5. The Morgan fingerprint density at radius 2 is 0.500 bits per heavy atom. The van der Waals surface area contributed by atoms with Gasteiger partial charge in [0.1, 0.15) is 13.2 Å². The average molecular weight is 1090 g/mol. The lowest BCUT2D eigenvalue weighted by Crippen LogP contribution is -2.30. The SMILES string of the molecule is CC/C=C\C/C=C\C/C=C\C/C=C\C/C=C\C/C=C\CCCCC(=O)OC(COC(=O)CCCCCCCCCCCCCC)COC(=O)CCCCCCCCCCCCCCCCCCCCCCCCCCCCC. The van der Waals surface area contributed by atoms with Crippen molar-refractivity contribution >= 4 is 17.9 Å². The summed E-state index contributed by atoms with van der Waals surface area (Å²) in [7, 11) is 0. The van der Waals surface area contributed by atoms with Crippen LogP contribution in [0.5, 0.6) is 0 Å². The van der Waals surface area contributed by atoms with Crippen molar-refractivity contribution in [2.75, 3.05) is 13.2 Å². The molecule has 0 aromatic rings. The Balaban J connectivity index is 4.28. The first-order chi connectivity index (χ1) is 38.5. The van der Waals surface area contributed by atoms with E-state index in [0.717, 1.165) is 89.9 Å². The summed E-state index contributed by atoms with van der Waals surface area (Å²) in [5, 5.41) is 0. The van der Waals surface area contributed by atoms with E-state index in [1.54, 1.807) is 0 Å². The second-order valence-corrected chi connectivity index (χ2v) is 22.7. The van der Waals surface area contributed by atoms with Gasteiger partial charge in [0.2, 0.25) is 0 Å². The molecule has 0 rings (SSSR count). The summed E-state index contributed by atoms with van der Waals surface area (Å²) < 4.78 is 16.9. The molecule has 0 amide bonds. The minimum Gasteiger partial charge on any atom is -0.462 e. The van der Waals surface area contributed by atoms with Gasteiger partial charge in [0.05, 0.1) is 0 Å². The van der Waals surface area contributed by atoms with E-state index in [2.05, 4.69) is 93.7 Å². The first kappa shape index (κ1) is 74.8. The lowest BCUT2D eigenvalue weighted by atomic mass is 10.0. The fourth-order valence-electron chi connectivity index (χ4n) is 9.92. The summed E-state index contributed by atoms with van der Waals surface area (Å²) in [4.78, 5) is 38.3. The van der Waals surface area contributed by atoms with Gasteiger partial charge in [0.25, 0.3) is 0 Å². The van der Waals surface area contributed by atoms with Crippen molar-refractivity contribution in [2.24, 2.45) is 0 Å². The highest BCUT2D eigenvalue weighted by atomic mass is 16.6. The summed E-state index contributed by atoms with van der Waals surface area (Å²) in [5.41, 5.74) is 0. The fraction of sp³-hybridized carbons (Fsp3) is 0.792. The summed E-state index contributed by atoms with van der Waals surface area (Å²) in [6.07, 6.45) is 86.5. The summed E-state index contributed by atoms with van der Waals surface area (Å²) >= 11 is 0. The molecule has 0 aliphatic carbocycles. The second-order valence-electron chi connectivity index (χ2n) is 22.7. The van der Waals surface area contributed by atoms with Gasteiger partial charge in [-0.25, -0.2) is 0 Å². The van der Waals surface area contributed by atoms with Crippen LogP contribution in [0.15, 0.2) is 72.9 Å². The number of allylic oxidation sites excluding steroid dienone is 12. The highest BCUT2D eigenvalue weighted by Gasteiger charge is 2.19. The molecular formula is C72H128O6. The van der Waals surface area contributed by atoms with Crippen molar-refractivity contribution in [1.29, 1.82) is 0 Å². The molecule has 0 saturated heterocycles. The third kappa shape index (κ3) is 63.7. The molecular weight excluding hydrogens is 961 g/mol. The third-order valence-electron chi connectivity index (χ3n) is 15.0. The molecule has 0 aliphatic rings. The van der Waals surface area contributed by atoms with Crippen molar-refractivity contribution in [2.45, 2.75) is 354 Å². The summed E-state index contributed by atoms with van der Waals surface area (Å²) in [5.74, 6) is -0.914. The molecule has 0 aromatic carbocycles. The number of esters is 3. The molecule has 0 bridgehead atoms. The monoisotopic (exact) mass is 1090 g/mol.